The Morgan fingerprint density at radius 2 is 2.29 bits per heavy atom. The second-order valence-electron chi connectivity index (χ2n) is 5.75. The Morgan fingerprint density at radius 3 is 3.00 bits per heavy atom. The smallest absolute Gasteiger partial charge is 0.173 e. The molecule has 6 nitrogen and oxygen atoms in total. The zero-order valence-electron chi connectivity index (χ0n) is 12.4. The summed E-state index contributed by atoms with van der Waals surface area (Å²) in [6.45, 7) is 1.68. The number of hydrogen-bond donors (Lipinski definition) is 2. The average molecular weight is 290 g/mol. The molecule has 1 unspecified atom stereocenters. The Morgan fingerprint density at radius 1 is 1.48 bits per heavy atom. The highest BCUT2D eigenvalue weighted by molar-refractivity contribution is 6.01. The molecule has 0 aromatic carbocycles. The normalized spacial score (nSPS) is 22.4. The molecule has 0 spiro atoms. The fraction of sp³-hybridized carbons (Fsp3) is 0.600. The number of nitrogens with two attached hydrogens (primary N) is 1. The van der Waals surface area contributed by atoms with Crippen LogP contribution in [0.2, 0.25) is 0 Å². The quantitative estimate of drug-likeness (QED) is 0.379. The van der Waals surface area contributed by atoms with Crippen molar-refractivity contribution in [3.63, 3.8) is 0 Å². The minimum absolute atomic E-state index is 0.131. The summed E-state index contributed by atoms with van der Waals surface area (Å²) < 4.78 is 5.42. The summed E-state index contributed by atoms with van der Waals surface area (Å²) >= 11 is 0. The van der Waals surface area contributed by atoms with Crippen LogP contribution in [0.15, 0.2) is 11.2 Å². The standard InChI is InChI=1S/C15H22N4O2/c1-21-11-6-7-19(9-11)15-12(14(16)18-20)8-10-4-2-3-5-13(10)17-15/h8,11,20H,2-7,9H2,1H3,(H2,16,18). The molecule has 21 heavy (non-hydrogen) atoms. The lowest BCUT2D eigenvalue weighted by Crippen LogP contribution is -2.28. The van der Waals surface area contributed by atoms with Crippen molar-refractivity contribution in [2.75, 3.05) is 25.1 Å². The highest BCUT2D eigenvalue weighted by Crippen LogP contribution is 2.29. The van der Waals surface area contributed by atoms with Crippen molar-refractivity contribution in [1.82, 2.24) is 4.98 Å². The van der Waals surface area contributed by atoms with E-state index in [-0.39, 0.29) is 11.9 Å². The summed E-state index contributed by atoms with van der Waals surface area (Å²) in [6, 6.07) is 2.05. The molecule has 0 bridgehead atoms. The molecule has 2 aliphatic rings. The number of aromatic nitrogens is 1. The van der Waals surface area contributed by atoms with Crippen LogP contribution in [0.4, 0.5) is 5.82 Å². The number of hydrogen-bond acceptors (Lipinski definition) is 5. The van der Waals surface area contributed by atoms with Crippen LogP contribution in [-0.2, 0) is 17.6 Å². The van der Waals surface area contributed by atoms with Crippen molar-refractivity contribution >= 4 is 11.7 Å². The maximum atomic E-state index is 9.05. The molecule has 114 valence electrons. The van der Waals surface area contributed by atoms with E-state index in [1.165, 1.54) is 18.4 Å². The average Bonchev–Trinajstić information content (AvgIpc) is 3.01. The number of aryl methyl sites for hydroxylation is 2. The largest absolute Gasteiger partial charge is 0.409 e. The maximum Gasteiger partial charge on any atom is 0.173 e. The predicted molar refractivity (Wildman–Crippen MR) is 81.0 cm³/mol. The molecule has 1 aliphatic heterocycles. The molecular formula is C15H22N4O2. The molecule has 0 radical (unpaired) electrons. The van der Waals surface area contributed by atoms with Crippen LogP contribution in [0.3, 0.4) is 0 Å². The van der Waals surface area contributed by atoms with E-state index in [1.54, 1.807) is 7.11 Å². The SMILES string of the molecule is COC1CCN(c2nc3c(cc2C(N)=NO)CCCC3)C1. The number of ether oxygens (including phenoxy) is 1. The van der Waals surface area contributed by atoms with E-state index in [9.17, 15) is 0 Å². The van der Waals surface area contributed by atoms with E-state index in [0.29, 0.717) is 0 Å². The Labute approximate surface area is 124 Å². The van der Waals surface area contributed by atoms with Gasteiger partial charge in [-0.1, -0.05) is 5.16 Å². The van der Waals surface area contributed by atoms with Crippen LogP contribution in [0.25, 0.3) is 0 Å². The number of anilines is 1. The number of amidine groups is 1. The van der Waals surface area contributed by atoms with Gasteiger partial charge in [-0.2, -0.15) is 0 Å². The molecule has 1 saturated heterocycles. The molecule has 1 aromatic rings. The minimum Gasteiger partial charge on any atom is -0.409 e. The molecule has 1 aliphatic carbocycles. The molecule has 6 heteroatoms. The van der Waals surface area contributed by atoms with Crippen molar-refractivity contribution in [2.45, 2.75) is 38.2 Å². The third-order valence-corrected chi connectivity index (χ3v) is 4.44. The van der Waals surface area contributed by atoms with Crippen molar-refractivity contribution in [3.05, 3.63) is 22.9 Å². The molecule has 1 fully saturated rings. The highest BCUT2D eigenvalue weighted by Gasteiger charge is 2.27. The Bertz CT molecular complexity index is 559. The lowest BCUT2D eigenvalue weighted by Gasteiger charge is -2.24. The first-order valence-electron chi connectivity index (χ1n) is 7.51. The third kappa shape index (κ3) is 2.68. The number of oxime groups is 1. The fourth-order valence-electron chi connectivity index (χ4n) is 3.22. The van der Waals surface area contributed by atoms with Crippen LogP contribution < -0.4 is 10.6 Å². The Kier molecular flexibility index (Phi) is 3.96. The predicted octanol–water partition coefficient (Wildman–Crippen LogP) is 1.28. The lowest BCUT2D eigenvalue weighted by atomic mass is 9.94. The molecule has 2 heterocycles. The first-order chi connectivity index (χ1) is 10.2. The summed E-state index contributed by atoms with van der Waals surface area (Å²) in [6.07, 6.45) is 5.60. The summed E-state index contributed by atoms with van der Waals surface area (Å²) in [5.74, 6) is 0.956. The molecule has 3 N–H and O–H groups in total. The van der Waals surface area contributed by atoms with Crippen LogP contribution in [0.5, 0.6) is 0 Å². The summed E-state index contributed by atoms with van der Waals surface area (Å²) in [5.41, 5.74) is 8.99. The van der Waals surface area contributed by atoms with Gasteiger partial charge in [-0.05, 0) is 43.7 Å². The third-order valence-electron chi connectivity index (χ3n) is 4.44. The van der Waals surface area contributed by atoms with Gasteiger partial charge in [0.05, 0.1) is 11.7 Å². The maximum absolute atomic E-state index is 9.05. The van der Waals surface area contributed by atoms with Crippen molar-refractivity contribution in [2.24, 2.45) is 10.9 Å². The van der Waals surface area contributed by atoms with Gasteiger partial charge in [0.25, 0.3) is 0 Å². The molecule has 1 aromatic heterocycles. The zero-order valence-corrected chi connectivity index (χ0v) is 12.4. The van der Waals surface area contributed by atoms with Crippen molar-refractivity contribution in [3.8, 4) is 0 Å². The van der Waals surface area contributed by atoms with Crippen LogP contribution >= 0.6 is 0 Å². The second-order valence-corrected chi connectivity index (χ2v) is 5.75. The summed E-state index contributed by atoms with van der Waals surface area (Å²) in [7, 11) is 1.74. The van der Waals surface area contributed by atoms with Gasteiger partial charge in [-0.3, -0.25) is 0 Å². The first kappa shape index (κ1) is 14.1. The summed E-state index contributed by atoms with van der Waals surface area (Å²) in [4.78, 5) is 7.01. The van der Waals surface area contributed by atoms with Gasteiger partial charge < -0.3 is 20.6 Å². The van der Waals surface area contributed by atoms with E-state index in [1.807, 2.05) is 6.07 Å². The number of fused-ring (bicyclic) bond motifs is 1. The zero-order chi connectivity index (χ0) is 14.8. The molecular weight excluding hydrogens is 268 g/mol. The van der Waals surface area contributed by atoms with Gasteiger partial charge in [0.1, 0.15) is 5.82 Å². The first-order valence-corrected chi connectivity index (χ1v) is 7.51. The van der Waals surface area contributed by atoms with Crippen LogP contribution in [0, 0.1) is 0 Å². The monoisotopic (exact) mass is 290 g/mol. The fourth-order valence-corrected chi connectivity index (χ4v) is 3.22. The van der Waals surface area contributed by atoms with Gasteiger partial charge in [0.2, 0.25) is 0 Å². The van der Waals surface area contributed by atoms with E-state index >= 15 is 0 Å². The molecule has 1 atom stereocenters. The molecule has 0 amide bonds. The van der Waals surface area contributed by atoms with Gasteiger partial charge >= 0.3 is 0 Å². The van der Waals surface area contributed by atoms with E-state index < -0.39 is 0 Å². The topological polar surface area (TPSA) is 84.0 Å². The highest BCUT2D eigenvalue weighted by atomic mass is 16.5. The van der Waals surface area contributed by atoms with E-state index in [4.69, 9.17) is 20.7 Å². The summed E-state index contributed by atoms with van der Waals surface area (Å²) in [5, 5.41) is 12.2. The van der Waals surface area contributed by atoms with Gasteiger partial charge in [-0.15, -0.1) is 0 Å². The van der Waals surface area contributed by atoms with E-state index in [2.05, 4.69) is 10.1 Å². The number of nitrogens with zero attached hydrogens (tertiary/aromatic N) is 3. The Balaban J connectivity index is 2.01. The second kappa shape index (κ2) is 5.89. The van der Waals surface area contributed by atoms with Crippen LogP contribution in [0.1, 0.15) is 36.1 Å². The van der Waals surface area contributed by atoms with Gasteiger partial charge in [0, 0.05) is 25.9 Å². The molecule has 0 saturated carbocycles. The van der Waals surface area contributed by atoms with Gasteiger partial charge in [-0.25, -0.2) is 4.98 Å². The number of methoxy groups -OCH3 is 1. The van der Waals surface area contributed by atoms with Crippen molar-refractivity contribution < 1.29 is 9.94 Å². The molecule has 3 rings (SSSR count). The van der Waals surface area contributed by atoms with E-state index in [0.717, 1.165) is 49.4 Å². The van der Waals surface area contributed by atoms with Crippen LogP contribution in [-0.4, -0.2) is 42.3 Å². The van der Waals surface area contributed by atoms with Crippen molar-refractivity contribution in [1.29, 1.82) is 0 Å². The minimum atomic E-state index is 0.131. The Hall–Kier alpha value is -1.82. The van der Waals surface area contributed by atoms with Gasteiger partial charge in [0.15, 0.2) is 5.84 Å². The number of pyridine rings is 1. The lowest BCUT2D eigenvalue weighted by molar-refractivity contribution is 0.121. The number of rotatable bonds is 3.